The molecule has 1 aromatic rings. The van der Waals surface area contributed by atoms with Gasteiger partial charge in [0.05, 0.1) is 0 Å². The lowest BCUT2D eigenvalue weighted by atomic mass is 10.2. The fourth-order valence-electron chi connectivity index (χ4n) is 1.89. The Morgan fingerprint density at radius 1 is 1.43 bits per heavy atom. The van der Waals surface area contributed by atoms with E-state index >= 15 is 0 Å². The molecule has 2 amide bonds. The number of amides is 2. The molecule has 1 atom stereocenters. The SMILES string of the molecule is C=CCN(CC=C)C(=O)C(C)NC(=O)Cn1nccc1C. The quantitative estimate of drug-likeness (QED) is 0.723. The van der Waals surface area contributed by atoms with Crippen molar-refractivity contribution in [3.05, 3.63) is 43.3 Å². The largest absolute Gasteiger partial charge is 0.343 e. The molecule has 1 aromatic heterocycles. The molecule has 1 heterocycles. The maximum absolute atomic E-state index is 12.2. The summed E-state index contributed by atoms with van der Waals surface area (Å²) in [5.41, 5.74) is 0.893. The van der Waals surface area contributed by atoms with Crippen LogP contribution in [-0.2, 0) is 16.1 Å². The third-order valence-corrected chi connectivity index (χ3v) is 2.98. The van der Waals surface area contributed by atoms with Crippen molar-refractivity contribution in [2.45, 2.75) is 26.4 Å². The van der Waals surface area contributed by atoms with Gasteiger partial charge >= 0.3 is 0 Å². The molecule has 114 valence electrons. The number of aromatic nitrogens is 2. The number of hydrogen-bond acceptors (Lipinski definition) is 3. The van der Waals surface area contributed by atoms with Gasteiger partial charge in [-0.2, -0.15) is 5.10 Å². The maximum atomic E-state index is 12.2. The highest BCUT2D eigenvalue weighted by Gasteiger charge is 2.20. The van der Waals surface area contributed by atoms with Gasteiger partial charge in [-0.15, -0.1) is 13.2 Å². The Bertz CT molecular complexity index is 511. The summed E-state index contributed by atoms with van der Waals surface area (Å²) in [5.74, 6) is -0.417. The number of hydrogen-bond donors (Lipinski definition) is 1. The summed E-state index contributed by atoms with van der Waals surface area (Å²) in [6, 6.07) is 1.21. The summed E-state index contributed by atoms with van der Waals surface area (Å²) in [6.45, 7) is 11.7. The zero-order chi connectivity index (χ0) is 15.8. The molecule has 1 unspecified atom stereocenters. The number of carbonyl (C=O) groups excluding carboxylic acids is 2. The Hall–Kier alpha value is -2.37. The van der Waals surface area contributed by atoms with E-state index in [9.17, 15) is 9.59 Å². The molecule has 21 heavy (non-hydrogen) atoms. The van der Waals surface area contributed by atoms with E-state index < -0.39 is 6.04 Å². The summed E-state index contributed by atoms with van der Waals surface area (Å²) in [4.78, 5) is 25.7. The lowest BCUT2D eigenvalue weighted by Crippen LogP contribution is -2.47. The first-order valence-electron chi connectivity index (χ1n) is 6.78. The lowest BCUT2D eigenvalue weighted by molar-refractivity contribution is -0.135. The molecule has 0 spiro atoms. The Balaban J connectivity index is 2.58. The Labute approximate surface area is 125 Å². The highest BCUT2D eigenvalue weighted by Crippen LogP contribution is 1.98. The number of carbonyl (C=O) groups is 2. The van der Waals surface area contributed by atoms with Gasteiger partial charge in [0.1, 0.15) is 12.6 Å². The molecule has 1 N–H and O–H groups in total. The van der Waals surface area contributed by atoms with Crippen molar-refractivity contribution in [2.24, 2.45) is 0 Å². The van der Waals surface area contributed by atoms with Crippen LogP contribution in [0.5, 0.6) is 0 Å². The molecule has 0 fully saturated rings. The van der Waals surface area contributed by atoms with Gasteiger partial charge in [0.15, 0.2) is 0 Å². The van der Waals surface area contributed by atoms with Crippen molar-refractivity contribution in [1.82, 2.24) is 20.0 Å². The van der Waals surface area contributed by atoms with Crippen LogP contribution in [0.15, 0.2) is 37.6 Å². The molecule has 6 heteroatoms. The second-order valence-electron chi connectivity index (χ2n) is 4.74. The first-order valence-corrected chi connectivity index (χ1v) is 6.78. The van der Waals surface area contributed by atoms with Crippen molar-refractivity contribution in [3.63, 3.8) is 0 Å². The van der Waals surface area contributed by atoms with Crippen LogP contribution in [0.4, 0.5) is 0 Å². The molecule has 0 aromatic carbocycles. The number of nitrogens with zero attached hydrogens (tertiary/aromatic N) is 3. The first kappa shape index (κ1) is 16.7. The van der Waals surface area contributed by atoms with Gasteiger partial charge in [-0.05, 0) is 19.9 Å². The van der Waals surface area contributed by atoms with Gasteiger partial charge < -0.3 is 10.2 Å². The summed E-state index contributed by atoms with van der Waals surface area (Å²) >= 11 is 0. The van der Waals surface area contributed by atoms with E-state index in [1.54, 1.807) is 34.9 Å². The molecule has 0 saturated carbocycles. The molecule has 1 rings (SSSR count). The standard InChI is InChI=1S/C15H22N4O2/c1-5-9-18(10-6-2)15(21)13(4)17-14(20)11-19-12(3)7-8-16-19/h5-8,13H,1-2,9-11H2,3-4H3,(H,17,20). The summed E-state index contributed by atoms with van der Waals surface area (Å²) in [5, 5.41) is 6.72. The van der Waals surface area contributed by atoms with Crippen LogP contribution in [0.25, 0.3) is 0 Å². The Morgan fingerprint density at radius 3 is 2.52 bits per heavy atom. The predicted molar refractivity (Wildman–Crippen MR) is 81.5 cm³/mol. The van der Waals surface area contributed by atoms with Crippen LogP contribution in [0.2, 0.25) is 0 Å². The zero-order valence-corrected chi connectivity index (χ0v) is 12.6. The van der Waals surface area contributed by atoms with Crippen LogP contribution in [-0.4, -0.2) is 45.6 Å². The smallest absolute Gasteiger partial charge is 0.245 e. The monoisotopic (exact) mass is 290 g/mol. The third-order valence-electron chi connectivity index (χ3n) is 2.98. The van der Waals surface area contributed by atoms with E-state index in [0.717, 1.165) is 5.69 Å². The second-order valence-corrected chi connectivity index (χ2v) is 4.74. The van der Waals surface area contributed by atoms with Gasteiger partial charge in [0.25, 0.3) is 0 Å². The van der Waals surface area contributed by atoms with E-state index in [1.165, 1.54) is 0 Å². The van der Waals surface area contributed by atoms with E-state index in [0.29, 0.717) is 13.1 Å². The molecule has 6 nitrogen and oxygen atoms in total. The van der Waals surface area contributed by atoms with Crippen molar-refractivity contribution < 1.29 is 9.59 Å². The molecular formula is C15H22N4O2. The maximum Gasteiger partial charge on any atom is 0.245 e. The third kappa shape index (κ3) is 4.91. The topological polar surface area (TPSA) is 67.2 Å². The van der Waals surface area contributed by atoms with Gasteiger partial charge in [-0.25, -0.2) is 0 Å². The molecule has 0 aliphatic heterocycles. The number of nitrogens with one attached hydrogen (secondary N) is 1. The summed E-state index contributed by atoms with van der Waals surface area (Å²) < 4.78 is 1.58. The zero-order valence-electron chi connectivity index (χ0n) is 12.6. The van der Waals surface area contributed by atoms with Crippen LogP contribution in [0, 0.1) is 6.92 Å². The van der Waals surface area contributed by atoms with E-state index in [4.69, 9.17) is 0 Å². The molecule has 0 bridgehead atoms. The summed E-state index contributed by atoms with van der Waals surface area (Å²) in [6.07, 6.45) is 4.92. The minimum atomic E-state index is -0.603. The minimum Gasteiger partial charge on any atom is -0.343 e. The van der Waals surface area contributed by atoms with Gasteiger partial charge in [0.2, 0.25) is 11.8 Å². The minimum absolute atomic E-state index is 0.0966. The number of rotatable bonds is 8. The second kappa shape index (κ2) is 8.04. The van der Waals surface area contributed by atoms with E-state index in [1.807, 2.05) is 13.0 Å². The Kier molecular flexibility index (Phi) is 6.39. The number of aryl methyl sites for hydroxylation is 1. The van der Waals surface area contributed by atoms with Crippen LogP contribution < -0.4 is 5.32 Å². The van der Waals surface area contributed by atoms with E-state index in [2.05, 4.69) is 23.6 Å². The van der Waals surface area contributed by atoms with E-state index in [-0.39, 0.29) is 18.4 Å². The van der Waals surface area contributed by atoms with Gasteiger partial charge in [-0.1, -0.05) is 12.2 Å². The highest BCUT2D eigenvalue weighted by atomic mass is 16.2. The molecule has 0 aliphatic carbocycles. The van der Waals surface area contributed by atoms with Gasteiger partial charge in [0, 0.05) is 25.0 Å². The van der Waals surface area contributed by atoms with Crippen LogP contribution in [0.3, 0.4) is 0 Å². The highest BCUT2D eigenvalue weighted by molar-refractivity contribution is 5.87. The fraction of sp³-hybridized carbons (Fsp3) is 0.400. The van der Waals surface area contributed by atoms with Crippen LogP contribution in [0.1, 0.15) is 12.6 Å². The normalized spacial score (nSPS) is 11.5. The fourth-order valence-corrected chi connectivity index (χ4v) is 1.89. The molecular weight excluding hydrogens is 268 g/mol. The predicted octanol–water partition coefficient (Wildman–Crippen LogP) is 0.897. The van der Waals surface area contributed by atoms with Crippen LogP contribution >= 0.6 is 0 Å². The first-order chi connectivity index (χ1) is 9.99. The van der Waals surface area contributed by atoms with Crippen molar-refractivity contribution >= 4 is 11.8 Å². The molecule has 0 aliphatic rings. The van der Waals surface area contributed by atoms with Gasteiger partial charge in [-0.3, -0.25) is 14.3 Å². The average molecular weight is 290 g/mol. The lowest BCUT2D eigenvalue weighted by Gasteiger charge is -2.23. The molecule has 0 radical (unpaired) electrons. The van der Waals surface area contributed by atoms with Crippen molar-refractivity contribution in [1.29, 1.82) is 0 Å². The average Bonchev–Trinajstić information content (AvgIpc) is 2.83. The Morgan fingerprint density at radius 2 is 2.05 bits per heavy atom. The summed E-state index contributed by atoms with van der Waals surface area (Å²) in [7, 11) is 0. The van der Waals surface area contributed by atoms with Crippen molar-refractivity contribution in [3.8, 4) is 0 Å². The van der Waals surface area contributed by atoms with Crippen molar-refractivity contribution in [2.75, 3.05) is 13.1 Å². The molecule has 0 saturated heterocycles.